The van der Waals surface area contributed by atoms with Crippen LogP contribution in [0.2, 0.25) is 0 Å². The molecule has 0 aromatic heterocycles. The van der Waals surface area contributed by atoms with E-state index < -0.39 is 0 Å². The molecule has 0 saturated carbocycles. The van der Waals surface area contributed by atoms with Crippen LogP contribution in [0, 0.1) is 0 Å². The van der Waals surface area contributed by atoms with Crippen LogP contribution >= 0.6 is 31.7 Å². The molecule has 0 fully saturated rings. The first kappa shape index (κ1) is 51.6. The Hall–Kier alpha value is 2.73. The van der Waals surface area contributed by atoms with Gasteiger partial charge in [-0.3, -0.25) is 0 Å². The summed E-state index contributed by atoms with van der Waals surface area (Å²) in [6, 6.07) is 0. The number of rotatable bonds is 6. The molecule has 0 aromatic rings. The fourth-order valence-electron chi connectivity index (χ4n) is 8.00. The van der Waals surface area contributed by atoms with Crippen molar-refractivity contribution in [3.05, 3.63) is 0 Å². The Bertz CT molecular complexity index is 538. The van der Waals surface area contributed by atoms with E-state index >= 15 is 0 Å². The maximum absolute atomic E-state index is 2.47. The van der Waals surface area contributed by atoms with Gasteiger partial charge in [-0.25, -0.2) is 0 Å². The first-order valence-corrected chi connectivity index (χ1v) is 23.2. The van der Waals surface area contributed by atoms with E-state index in [4.69, 9.17) is 0 Å². The van der Waals surface area contributed by atoms with E-state index in [9.17, 15) is 0 Å². The molecule has 0 aliphatic rings. The maximum atomic E-state index is 2.47. The molecule has 266 valence electrons. The summed E-state index contributed by atoms with van der Waals surface area (Å²) in [7, 11) is -1.46. The third-order valence-corrected chi connectivity index (χ3v) is 27.0. The molecule has 0 aliphatic heterocycles. The van der Waals surface area contributed by atoms with Crippen molar-refractivity contribution in [2.24, 2.45) is 0 Å². The topological polar surface area (TPSA) is 0 Å². The summed E-state index contributed by atoms with van der Waals surface area (Å²) in [5.41, 5.74) is 0. The van der Waals surface area contributed by atoms with E-state index in [0.717, 1.165) is 0 Å². The van der Waals surface area contributed by atoms with Crippen molar-refractivity contribution in [3.63, 3.8) is 0 Å². The summed E-state index contributed by atoms with van der Waals surface area (Å²) < 4.78 is 0. The van der Waals surface area contributed by atoms with Crippen LogP contribution in [0.4, 0.5) is 0 Å². The second kappa shape index (κ2) is 17.9. The quantitative estimate of drug-likeness (QED) is 0.237. The van der Waals surface area contributed by atoms with Crippen molar-refractivity contribution >= 4 is 31.7 Å². The molecule has 42 heavy (non-hydrogen) atoms. The second-order valence-electron chi connectivity index (χ2n) is 20.9. The van der Waals surface area contributed by atoms with Crippen molar-refractivity contribution < 1.29 is 33.6 Å². The minimum atomic E-state index is -0.364. The SMILES string of the molecule is CC(C)(C)[PH+](CC[PH+](C(C)(C)C)C(C)(C)C)C(C)(C)C.CC(C)(C)[PH+](CC[PH+](C(C)(C)C)C(C)(C)C)C(C)(C)C.[CoH2].[CoH2]. The van der Waals surface area contributed by atoms with Gasteiger partial charge in [-0.2, -0.15) is 0 Å². The van der Waals surface area contributed by atoms with E-state index in [0.29, 0.717) is 41.2 Å². The van der Waals surface area contributed by atoms with Gasteiger partial charge in [0, 0.05) is 31.7 Å². The molecule has 0 N–H and O–H groups in total. The van der Waals surface area contributed by atoms with E-state index in [2.05, 4.69) is 166 Å². The Morgan fingerprint density at radius 1 is 0.214 bits per heavy atom. The van der Waals surface area contributed by atoms with Gasteiger partial charge in [0.2, 0.25) is 0 Å². The minimum absolute atomic E-state index is 0. The summed E-state index contributed by atoms with van der Waals surface area (Å²) in [5, 5.41) is 4.04. The van der Waals surface area contributed by atoms with Crippen LogP contribution in [0.5, 0.6) is 0 Å². The molecule has 0 amide bonds. The molecule has 0 nitrogen and oxygen atoms in total. The van der Waals surface area contributed by atoms with E-state index in [1.54, 1.807) is 0 Å². The van der Waals surface area contributed by atoms with Crippen LogP contribution in [0.15, 0.2) is 0 Å². The average molecular weight is 763 g/mol. The van der Waals surface area contributed by atoms with Gasteiger partial charge < -0.3 is 0 Å². The van der Waals surface area contributed by atoms with Crippen LogP contribution in [-0.4, -0.2) is 65.9 Å². The monoisotopic (exact) mass is 762 g/mol. The third-order valence-electron chi connectivity index (χ3n) is 8.49. The zero-order chi connectivity index (χ0) is 33.1. The molecule has 0 rings (SSSR count). The first-order chi connectivity index (χ1) is 16.9. The van der Waals surface area contributed by atoms with Gasteiger partial charge in [-0.15, -0.1) is 0 Å². The van der Waals surface area contributed by atoms with E-state index in [1.165, 1.54) is 24.6 Å². The Morgan fingerprint density at radius 2 is 0.286 bits per heavy atom. The van der Waals surface area contributed by atoms with Crippen molar-refractivity contribution in [2.75, 3.05) is 24.6 Å². The fourth-order valence-corrected chi connectivity index (χ4v) is 27.0. The van der Waals surface area contributed by atoms with Crippen molar-refractivity contribution in [2.45, 2.75) is 207 Å². The molecule has 2 radical (unpaired) electrons. The van der Waals surface area contributed by atoms with Crippen LogP contribution in [-0.2, 0) is 33.6 Å². The second-order valence-corrected chi connectivity index (χ2v) is 38.7. The van der Waals surface area contributed by atoms with E-state index in [-0.39, 0.29) is 65.2 Å². The molecule has 0 spiro atoms. The standard InChI is InChI=1S/2C18H40P2.2Co.4H/c2*1-15(2,3)19(16(4,5)6)13-14-20(17(7,8)9)18(10,11)12;;;;;;/h2*13-14H2,1-12H3;;;;;;/p+4. The Kier molecular flexibility index (Phi) is 22.0. The van der Waals surface area contributed by atoms with Crippen molar-refractivity contribution in [1.82, 2.24) is 0 Å². The van der Waals surface area contributed by atoms with E-state index in [1.807, 2.05) is 0 Å². The summed E-state index contributed by atoms with van der Waals surface area (Å²) in [6.45, 7) is 59.2. The molecule has 0 aromatic carbocycles. The Morgan fingerprint density at radius 3 is 0.333 bits per heavy atom. The summed E-state index contributed by atoms with van der Waals surface area (Å²) in [6.07, 6.45) is 5.95. The van der Waals surface area contributed by atoms with Gasteiger partial charge >= 0.3 is 33.6 Å². The molecule has 0 atom stereocenters. The van der Waals surface area contributed by atoms with Gasteiger partial charge in [0.25, 0.3) is 0 Å². The van der Waals surface area contributed by atoms with Crippen molar-refractivity contribution in [3.8, 4) is 0 Å². The van der Waals surface area contributed by atoms with Crippen molar-refractivity contribution in [1.29, 1.82) is 0 Å². The molecule has 6 heteroatoms. The Balaban J connectivity index is -0.000000328. The molecule has 0 saturated heterocycles. The van der Waals surface area contributed by atoms with Gasteiger partial charge in [0.15, 0.2) is 0 Å². The zero-order valence-electron chi connectivity index (χ0n) is 33.6. The van der Waals surface area contributed by atoms with Crippen LogP contribution < -0.4 is 0 Å². The fraction of sp³-hybridized carbons (Fsp3) is 1.00. The first-order valence-electron chi connectivity index (χ1n) is 16.4. The molecular weight excluding hydrogens is 674 g/mol. The predicted octanol–water partition coefficient (Wildman–Crippen LogP) is 12.1. The normalized spacial score (nSPS) is 14.6. The number of hydrogen-bond acceptors (Lipinski definition) is 0. The van der Waals surface area contributed by atoms with Gasteiger partial charge in [-0.05, 0) is 166 Å². The summed E-state index contributed by atoms with van der Waals surface area (Å²) in [4.78, 5) is 0. The van der Waals surface area contributed by atoms with Crippen LogP contribution in [0.1, 0.15) is 166 Å². The zero-order valence-corrected chi connectivity index (χ0v) is 39.9. The van der Waals surface area contributed by atoms with Gasteiger partial charge in [-0.1, -0.05) is 0 Å². The third kappa shape index (κ3) is 20.2. The predicted molar refractivity (Wildman–Crippen MR) is 216 cm³/mol. The molecule has 0 bridgehead atoms. The molecule has 0 heterocycles. The Labute approximate surface area is 295 Å². The van der Waals surface area contributed by atoms with Gasteiger partial charge in [0.05, 0.1) is 65.9 Å². The molecule has 0 unspecified atom stereocenters. The molecule has 0 aliphatic carbocycles. The summed E-state index contributed by atoms with van der Waals surface area (Å²) >= 11 is 0. The molecular formula is C36H88Co2P4+4. The van der Waals surface area contributed by atoms with Gasteiger partial charge in [0.1, 0.15) is 0 Å². The number of hydrogen-bond donors (Lipinski definition) is 0. The van der Waals surface area contributed by atoms with Crippen LogP contribution in [0.25, 0.3) is 0 Å². The van der Waals surface area contributed by atoms with Crippen LogP contribution in [0.3, 0.4) is 0 Å². The average Bonchev–Trinajstić information content (AvgIpc) is 2.53. The summed E-state index contributed by atoms with van der Waals surface area (Å²) in [5.74, 6) is 0.